The summed E-state index contributed by atoms with van der Waals surface area (Å²) in [5, 5.41) is 11.8. The van der Waals surface area contributed by atoms with Crippen molar-refractivity contribution in [2.45, 2.75) is 30.0 Å². The van der Waals surface area contributed by atoms with Gasteiger partial charge in [0, 0.05) is 5.56 Å². The highest BCUT2D eigenvalue weighted by Crippen LogP contribution is 2.30. The van der Waals surface area contributed by atoms with Crippen LogP contribution in [0, 0.1) is 0 Å². The maximum atomic E-state index is 12.6. The van der Waals surface area contributed by atoms with E-state index < -0.39 is 0 Å². The zero-order valence-corrected chi connectivity index (χ0v) is 16.1. The molecule has 0 aliphatic carbocycles. The van der Waals surface area contributed by atoms with Gasteiger partial charge in [-0.2, -0.15) is 0 Å². The second-order valence-electron chi connectivity index (χ2n) is 5.39. The van der Waals surface area contributed by atoms with Crippen LogP contribution in [0.4, 0.5) is 5.13 Å². The number of carbonyl (C=O) groups is 1. The lowest BCUT2D eigenvalue weighted by Crippen LogP contribution is -2.13. The summed E-state index contributed by atoms with van der Waals surface area (Å²) in [4.78, 5) is 12.6. The minimum atomic E-state index is -0.251. The molecular formula is C18H19N3O3S2. The predicted octanol–water partition coefficient (Wildman–Crippen LogP) is 4.51. The molecule has 6 nitrogen and oxygen atoms in total. The van der Waals surface area contributed by atoms with E-state index in [1.807, 2.05) is 38.1 Å². The van der Waals surface area contributed by atoms with Crippen LogP contribution in [-0.4, -0.2) is 27.8 Å². The van der Waals surface area contributed by atoms with E-state index in [-0.39, 0.29) is 11.0 Å². The zero-order valence-electron chi connectivity index (χ0n) is 14.5. The lowest BCUT2D eigenvalue weighted by molar-refractivity contribution is 0.0994. The highest BCUT2D eigenvalue weighted by Gasteiger charge is 2.19. The average molecular weight is 390 g/mol. The predicted molar refractivity (Wildman–Crippen MR) is 103 cm³/mol. The normalized spacial score (nSPS) is 11.9. The largest absolute Gasteiger partial charge is 0.494 e. The summed E-state index contributed by atoms with van der Waals surface area (Å²) >= 11 is 2.83. The van der Waals surface area contributed by atoms with Gasteiger partial charge in [-0.15, -0.1) is 10.2 Å². The molecule has 0 spiro atoms. The van der Waals surface area contributed by atoms with E-state index in [9.17, 15) is 4.79 Å². The van der Waals surface area contributed by atoms with Crippen molar-refractivity contribution in [2.24, 2.45) is 0 Å². The van der Waals surface area contributed by atoms with E-state index in [1.54, 1.807) is 18.4 Å². The summed E-state index contributed by atoms with van der Waals surface area (Å²) in [7, 11) is 0. The highest BCUT2D eigenvalue weighted by atomic mass is 32.2. The number of anilines is 1. The molecule has 1 N–H and O–H groups in total. The zero-order chi connectivity index (χ0) is 18.4. The van der Waals surface area contributed by atoms with Crippen molar-refractivity contribution in [3.8, 4) is 5.75 Å². The molecule has 0 saturated carbocycles. The number of ketones is 1. The van der Waals surface area contributed by atoms with Gasteiger partial charge in [-0.3, -0.25) is 4.79 Å². The van der Waals surface area contributed by atoms with E-state index in [0.717, 1.165) is 15.8 Å². The molecule has 3 rings (SSSR count). The molecule has 136 valence electrons. The molecule has 8 heteroatoms. The van der Waals surface area contributed by atoms with E-state index >= 15 is 0 Å². The van der Waals surface area contributed by atoms with Crippen LogP contribution in [-0.2, 0) is 6.54 Å². The Morgan fingerprint density at radius 1 is 1.31 bits per heavy atom. The van der Waals surface area contributed by atoms with Gasteiger partial charge < -0.3 is 14.5 Å². The SMILES string of the molecule is CCOc1ccc(C(=O)[C@H](C)Sc2nnc(NCc3ccco3)s2)cc1. The third-order valence-corrected chi connectivity index (χ3v) is 5.56. The van der Waals surface area contributed by atoms with Gasteiger partial charge in [-0.25, -0.2) is 0 Å². The standard InChI is InChI=1S/C18H19N3O3S2/c1-3-23-14-8-6-13(7-9-14)16(22)12(2)25-18-21-20-17(26-18)19-11-15-5-4-10-24-15/h4-10,12H,3,11H2,1-2H3,(H,19,20)/t12-/m0/s1. The van der Waals surface area contributed by atoms with Crippen molar-refractivity contribution in [3.05, 3.63) is 54.0 Å². The van der Waals surface area contributed by atoms with Crippen LogP contribution in [0.3, 0.4) is 0 Å². The van der Waals surface area contributed by atoms with Gasteiger partial charge in [-0.05, 0) is 50.2 Å². The van der Waals surface area contributed by atoms with Crippen molar-refractivity contribution in [3.63, 3.8) is 0 Å². The van der Waals surface area contributed by atoms with Crippen LogP contribution < -0.4 is 10.1 Å². The number of thioether (sulfide) groups is 1. The Morgan fingerprint density at radius 3 is 2.81 bits per heavy atom. The first-order chi connectivity index (χ1) is 12.7. The first kappa shape index (κ1) is 18.5. The van der Waals surface area contributed by atoms with Gasteiger partial charge in [0.2, 0.25) is 5.13 Å². The molecule has 1 atom stereocenters. The minimum absolute atomic E-state index is 0.0540. The second-order valence-corrected chi connectivity index (χ2v) is 7.95. The lowest BCUT2D eigenvalue weighted by Gasteiger charge is -2.09. The van der Waals surface area contributed by atoms with Crippen LogP contribution in [0.1, 0.15) is 30.0 Å². The number of furan rings is 1. The molecule has 0 radical (unpaired) electrons. The van der Waals surface area contributed by atoms with Gasteiger partial charge in [0.15, 0.2) is 10.1 Å². The number of nitrogens with one attached hydrogen (secondary N) is 1. The van der Waals surface area contributed by atoms with Gasteiger partial charge in [0.1, 0.15) is 11.5 Å². The van der Waals surface area contributed by atoms with Crippen molar-refractivity contribution in [1.29, 1.82) is 0 Å². The Hall–Kier alpha value is -2.32. The van der Waals surface area contributed by atoms with Crippen molar-refractivity contribution in [1.82, 2.24) is 10.2 Å². The summed E-state index contributed by atoms with van der Waals surface area (Å²) in [5.74, 6) is 1.65. The monoisotopic (exact) mass is 389 g/mol. The van der Waals surface area contributed by atoms with E-state index in [1.165, 1.54) is 23.1 Å². The Labute approximate surface area is 160 Å². The Balaban J connectivity index is 1.55. The van der Waals surface area contributed by atoms with E-state index in [0.29, 0.717) is 23.8 Å². The quantitative estimate of drug-likeness (QED) is 0.426. The minimum Gasteiger partial charge on any atom is -0.494 e. The van der Waals surface area contributed by atoms with Crippen molar-refractivity contribution < 1.29 is 13.9 Å². The van der Waals surface area contributed by atoms with Crippen LogP contribution in [0.25, 0.3) is 0 Å². The number of aromatic nitrogens is 2. The average Bonchev–Trinajstić information content (AvgIpc) is 3.32. The molecule has 0 unspecified atom stereocenters. The Bertz CT molecular complexity index is 832. The Kier molecular flexibility index (Phi) is 6.30. The molecule has 0 saturated heterocycles. The molecule has 2 aromatic heterocycles. The van der Waals surface area contributed by atoms with Gasteiger partial charge in [-0.1, -0.05) is 23.1 Å². The summed E-state index contributed by atoms with van der Waals surface area (Å²) in [5.41, 5.74) is 0.661. The lowest BCUT2D eigenvalue weighted by atomic mass is 10.1. The van der Waals surface area contributed by atoms with Gasteiger partial charge in [0.05, 0.1) is 24.7 Å². The second kappa shape index (κ2) is 8.86. The van der Waals surface area contributed by atoms with Gasteiger partial charge in [0.25, 0.3) is 0 Å². The third kappa shape index (κ3) is 4.86. The summed E-state index contributed by atoms with van der Waals surface area (Å²) in [6.07, 6.45) is 1.63. The van der Waals surface area contributed by atoms with Crippen LogP contribution in [0.15, 0.2) is 51.4 Å². The van der Waals surface area contributed by atoms with Crippen LogP contribution >= 0.6 is 23.1 Å². The fourth-order valence-corrected chi connectivity index (χ4v) is 4.20. The smallest absolute Gasteiger partial charge is 0.206 e. The fraction of sp³-hybridized carbons (Fsp3) is 0.278. The van der Waals surface area contributed by atoms with E-state index in [2.05, 4.69) is 15.5 Å². The Morgan fingerprint density at radius 2 is 2.12 bits per heavy atom. The van der Waals surface area contributed by atoms with Crippen molar-refractivity contribution >= 4 is 34.0 Å². The number of Topliss-reactive ketones (excluding diaryl/α,β-unsaturated/α-hetero) is 1. The number of rotatable bonds is 9. The summed E-state index contributed by atoms with van der Waals surface area (Å²) in [6.45, 7) is 4.96. The van der Waals surface area contributed by atoms with Crippen LogP contribution in [0.5, 0.6) is 5.75 Å². The molecule has 0 aliphatic rings. The molecule has 1 aromatic carbocycles. The van der Waals surface area contributed by atoms with Crippen LogP contribution in [0.2, 0.25) is 0 Å². The molecule has 0 fully saturated rings. The number of nitrogens with zero attached hydrogens (tertiary/aromatic N) is 2. The van der Waals surface area contributed by atoms with Gasteiger partial charge >= 0.3 is 0 Å². The third-order valence-electron chi connectivity index (χ3n) is 3.50. The molecule has 0 amide bonds. The fourth-order valence-electron chi connectivity index (χ4n) is 2.23. The number of hydrogen-bond donors (Lipinski definition) is 1. The number of hydrogen-bond acceptors (Lipinski definition) is 8. The molecule has 0 aliphatic heterocycles. The number of benzene rings is 1. The number of carbonyl (C=O) groups excluding carboxylic acids is 1. The highest BCUT2D eigenvalue weighted by molar-refractivity contribution is 8.02. The maximum absolute atomic E-state index is 12.6. The number of ether oxygens (including phenoxy) is 1. The maximum Gasteiger partial charge on any atom is 0.206 e. The molecular weight excluding hydrogens is 370 g/mol. The molecule has 0 bridgehead atoms. The first-order valence-electron chi connectivity index (χ1n) is 8.19. The molecule has 2 heterocycles. The molecule has 3 aromatic rings. The van der Waals surface area contributed by atoms with Crippen molar-refractivity contribution in [2.75, 3.05) is 11.9 Å². The van der Waals surface area contributed by atoms with E-state index in [4.69, 9.17) is 9.15 Å². The first-order valence-corrected chi connectivity index (χ1v) is 9.89. The summed E-state index contributed by atoms with van der Waals surface area (Å²) in [6, 6.07) is 10.9. The topological polar surface area (TPSA) is 77.2 Å². The molecule has 26 heavy (non-hydrogen) atoms. The summed E-state index contributed by atoms with van der Waals surface area (Å²) < 4.78 is 11.4.